The Labute approximate surface area is 197 Å². The van der Waals surface area contributed by atoms with E-state index in [1.54, 1.807) is 53.1 Å². The molecule has 1 heterocycles. The van der Waals surface area contributed by atoms with Gasteiger partial charge in [0.05, 0.1) is 26.8 Å². The number of fused-ring (bicyclic) bond motifs is 2. The normalized spacial score (nSPS) is 11.0. The number of aromatic nitrogens is 1. The van der Waals surface area contributed by atoms with Crippen LogP contribution in [0.4, 0.5) is 5.69 Å². The Morgan fingerprint density at radius 3 is 1.97 bits per heavy atom. The number of carbonyl (C=O) groups excluding carboxylic acids is 2. The standard InChI is InChI=1S/C23H15Cl3N2O4/c24-13-9-16(25)22(17(26)10-13)27-20(29)12-32-21(30)11-28-18-7-3-1-5-14(18)23(31)15-6-2-4-8-19(15)28/h1-10H,11-12H2,(H,27,29). The number of nitrogens with zero attached hydrogens (tertiary/aromatic N) is 1. The van der Waals surface area contributed by atoms with Crippen LogP contribution in [0.3, 0.4) is 0 Å². The van der Waals surface area contributed by atoms with Crippen molar-refractivity contribution < 1.29 is 14.3 Å². The fourth-order valence-corrected chi connectivity index (χ4v) is 4.32. The van der Waals surface area contributed by atoms with Gasteiger partial charge in [-0.2, -0.15) is 0 Å². The van der Waals surface area contributed by atoms with Crippen LogP contribution in [0, 0.1) is 0 Å². The van der Waals surface area contributed by atoms with E-state index >= 15 is 0 Å². The lowest BCUT2D eigenvalue weighted by Crippen LogP contribution is -2.24. The number of rotatable bonds is 5. The van der Waals surface area contributed by atoms with Crippen LogP contribution in [0.25, 0.3) is 21.8 Å². The monoisotopic (exact) mass is 488 g/mol. The summed E-state index contributed by atoms with van der Waals surface area (Å²) in [6.07, 6.45) is 0. The highest BCUT2D eigenvalue weighted by atomic mass is 35.5. The second-order valence-corrected chi connectivity index (χ2v) is 8.15. The van der Waals surface area contributed by atoms with Gasteiger partial charge in [0.1, 0.15) is 6.54 Å². The number of nitrogens with one attached hydrogen (secondary N) is 1. The van der Waals surface area contributed by atoms with Crippen LogP contribution in [-0.2, 0) is 20.9 Å². The number of esters is 1. The number of amides is 1. The number of carbonyl (C=O) groups is 2. The molecule has 1 N–H and O–H groups in total. The van der Waals surface area contributed by atoms with E-state index < -0.39 is 18.5 Å². The van der Waals surface area contributed by atoms with E-state index in [0.29, 0.717) is 26.8 Å². The van der Waals surface area contributed by atoms with Crippen LogP contribution in [0.2, 0.25) is 15.1 Å². The van der Waals surface area contributed by atoms with Crippen molar-refractivity contribution in [3.8, 4) is 0 Å². The molecule has 0 aliphatic heterocycles. The average molecular weight is 490 g/mol. The fraction of sp³-hybridized carbons (Fsp3) is 0.0870. The number of halogens is 3. The number of hydrogen-bond donors (Lipinski definition) is 1. The van der Waals surface area contributed by atoms with E-state index in [1.807, 2.05) is 0 Å². The average Bonchev–Trinajstić information content (AvgIpc) is 2.77. The number of para-hydroxylation sites is 2. The number of benzene rings is 3. The summed E-state index contributed by atoms with van der Waals surface area (Å²) in [7, 11) is 0. The molecule has 0 fully saturated rings. The highest BCUT2D eigenvalue weighted by Crippen LogP contribution is 2.33. The number of ether oxygens (including phenoxy) is 1. The van der Waals surface area contributed by atoms with Gasteiger partial charge in [0, 0.05) is 15.8 Å². The zero-order valence-corrected chi connectivity index (χ0v) is 18.7. The minimum atomic E-state index is -0.646. The summed E-state index contributed by atoms with van der Waals surface area (Å²) in [5.74, 6) is -1.26. The smallest absolute Gasteiger partial charge is 0.326 e. The summed E-state index contributed by atoms with van der Waals surface area (Å²) in [5.41, 5.74) is 1.25. The van der Waals surface area contributed by atoms with Crippen molar-refractivity contribution in [1.82, 2.24) is 4.57 Å². The Morgan fingerprint density at radius 2 is 1.41 bits per heavy atom. The van der Waals surface area contributed by atoms with Gasteiger partial charge in [-0.25, -0.2) is 0 Å². The zero-order valence-electron chi connectivity index (χ0n) is 16.4. The number of anilines is 1. The number of hydrogen-bond acceptors (Lipinski definition) is 4. The lowest BCUT2D eigenvalue weighted by Gasteiger charge is -2.15. The molecule has 9 heteroatoms. The highest BCUT2D eigenvalue weighted by Gasteiger charge is 2.16. The van der Waals surface area contributed by atoms with Crippen LogP contribution >= 0.6 is 34.8 Å². The highest BCUT2D eigenvalue weighted by molar-refractivity contribution is 6.42. The first-order chi connectivity index (χ1) is 15.3. The second-order valence-electron chi connectivity index (χ2n) is 6.90. The summed E-state index contributed by atoms with van der Waals surface area (Å²) in [4.78, 5) is 37.6. The van der Waals surface area contributed by atoms with Crippen LogP contribution < -0.4 is 10.7 Å². The lowest BCUT2D eigenvalue weighted by atomic mass is 10.1. The third-order valence-corrected chi connectivity index (χ3v) is 5.62. The van der Waals surface area contributed by atoms with Gasteiger partial charge >= 0.3 is 5.97 Å². The lowest BCUT2D eigenvalue weighted by molar-refractivity contribution is -0.147. The van der Waals surface area contributed by atoms with Gasteiger partial charge in [-0.3, -0.25) is 14.4 Å². The molecule has 0 aliphatic carbocycles. The van der Waals surface area contributed by atoms with Gasteiger partial charge in [0.15, 0.2) is 12.0 Å². The Hall–Kier alpha value is -3.06. The maximum Gasteiger partial charge on any atom is 0.326 e. The van der Waals surface area contributed by atoms with Gasteiger partial charge in [0.25, 0.3) is 5.91 Å². The van der Waals surface area contributed by atoms with Crippen LogP contribution in [-0.4, -0.2) is 23.1 Å². The molecule has 3 aromatic carbocycles. The second kappa shape index (κ2) is 9.20. The summed E-state index contributed by atoms with van der Waals surface area (Å²) >= 11 is 18.0. The Kier molecular flexibility index (Phi) is 6.37. The van der Waals surface area contributed by atoms with Crippen molar-refractivity contribution in [2.45, 2.75) is 6.54 Å². The summed E-state index contributed by atoms with van der Waals surface area (Å²) in [6, 6.07) is 16.9. The van der Waals surface area contributed by atoms with E-state index in [0.717, 1.165) is 0 Å². The molecular weight excluding hydrogens is 475 g/mol. The first kappa shape index (κ1) is 22.1. The van der Waals surface area contributed by atoms with E-state index in [-0.39, 0.29) is 27.7 Å². The molecule has 0 atom stereocenters. The Balaban J connectivity index is 1.53. The minimum absolute atomic E-state index is 0.114. The minimum Gasteiger partial charge on any atom is -0.454 e. The van der Waals surface area contributed by atoms with Gasteiger partial charge in [-0.05, 0) is 36.4 Å². The van der Waals surface area contributed by atoms with Crippen molar-refractivity contribution in [3.05, 3.63) is 86.0 Å². The summed E-state index contributed by atoms with van der Waals surface area (Å²) < 4.78 is 6.84. The molecule has 6 nitrogen and oxygen atoms in total. The van der Waals surface area contributed by atoms with Gasteiger partial charge in [-0.15, -0.1) is 0 Å². The molecule has 162 valence electrons. The van der Waals surface area contributed by atoms with Crippen molar-refractivity contribution in [1.29, 1.82) is 0 Å². The summed E-state index contributed by atoms with van der Waals surface area (Å²) in [6.45, 7) is -0.721. The SMILES string of the molecule is O=C(COC(=O)Cn1c2ccccc2c(=O)c2ccccc21)Nc1c(Cl)cc(Cl)cc1Cl. The van der Waals surface area contributed by atoms with Crippen molar-refractivity contribution in [2.75, 3.05) is 11.9 Å². The fourth-order valence-electron chi connectivity index (χ4n) is 3.41. The predicted molar refractivity (Wildman–Crippen MR) is 127 cm³/mol. The molecule has 0 radical (unpaired) electrons. The molecule has 0 spiro atoms. The first-order valence-corrected chi connectivity index (χ1v) is 10.6. The largest absolute Gasteiger partial charge is 0.454 e. The molecule has 4 aromatic rings. The molecular formula is C23H15Cl3N2O4. The molecule has 0 aliphatic rings. The molecule has 32 heavy (non-hydrogen) atoms. The molecule has 1 aromatic heterocycles. The van der Waals surface area contributed by atoms with E-state index in [1.165, 1.54) is 12.1 Å². The van der Waals surface area contributed by atoms with Crippen molar-refractivity contribution in [3.63, 3.8) is 0 Å². The first-order valence-electron chi connectivity index (χ1n) is 9.45. The molecule has 0 saturated carbocycles. The number of pyridine rings is 1. The maximum absolute atomic E-state index is 12.8. The Bertz CT molecular complexity index is 1350. The van der Waals surface area contributed by atoms with E-state index in [9.17, 15) is 14.4 Å². The third-order valence-electron chi connectivity index (χ3n) is 4.80. The third kappa shape index (κ3) is 4.43. The van der Waals surface area contributed by atoms with Crippen molar-refractivity contribution in [2.24, 2.45) is 0 Å². The van der Waals surface area contributed by atoms with Crippen LogP contribution in [0.15, 0.2) is 65.5 Å². The predicted octanol–water partition coefficient (Wildman–Crippen LogP) is 5.30. The quantitative estimate of drug-likeness (QED) is 0.305. The van der Waals surface area contributed by atoms with Gasteiger partial charge in [-0.1, -0.05) is 59.1 Å². The van der Waals surface area contributed by atoms with Gasteiger partial charge in [0.2, 0.25) is 0 Å². The van der Waals surface area contributed by atoms with Crippen molar-refractivity contribution >= 4 is 74.2 Å². The summed E-state index contributed by atoms with van der Waals surface area (Å²) in [5, 5.41) is 4.13. The van der Waals surface area contributed by atoms with Crippen LogP contribution in [0.1, 0.15) is 0 Å². The van der Waals surface area contributed by atoms with Crippen LogP contribution in [0.5, 0.6) is 0 Å². The maximum atomic E-state index is 12.8. The molecule has 0 saturated heterocycles. The Morgan fingerprint density at radius 1 is 0.875 bits per heavy atom. The zero-order chi connectivity index (χ0) is 22.8. The molecule has 0 bridgehead atoms. The molecule has 1 amide bonds. The van der Waals surface area contributed by atoms with Gasteiger partial charge < -0.3 is 14.6 Å². The molecule has 0 unspecified atom stereocenters. The topological polar surface area (TPSA) is 77.4 Å². The van der Waals surface area contributed by atoms with E-state index in [4.69, 9.17) is 39.5 Å². The molecule has 4 rings (SSSR count). The van der Waals surface area contributed by atoms with E-state index in [2.05, 4.69) is 5.32 Å².